The fourth-order valence-electron chi connectivity index (χ4n) is 2.73. The Bertz CT molecular complexity index is 868. The number of H-pyrrole nitrogens is 1. The Morgan fingerprint density at radius 2 is 1.73 bits per heavy atom. The highest BCUT2D eigenvalue weighted by molar-refractivity contribution is 6.81. The van der Waals surface area contributed by atoms with Gasteiger partial charge in [-0.3, -0.25) is 14.3 Å². The van der Waals surface area contributed by atoms with Crippen LogP contribution < -0.4 is 11.2 Å². The number of aliphatic hydroxyl groups is 2. The second kappa shape index (κ2) is 10.6. The second-order valence-corrected chi connectivity index (χ2v) is 19.6. The van der Waals surface area contributed by atoms with Gasteiger partial charge in [-0.25, -0.2) is 9.18 Å². The number of hydrogen-bond acceptors (Lipinski definition) is 5. The number of hydrogen-bond donors (Lipinski definition) is 3. The molecule has 0 bridgehead atoms. The molecule has 0 spiro atoms. The molecule has 1 aromatic rings. The van der Waals surface area contributed by atoms with Crippen molar-refractivity contribution >= 4 is 22.2 Å². The topological polar surface area (TPSA) is 105 Å². The summed E-state index contributed by atoms with van der Waals surface area (Å²) in [5.74, 6) is 0. The first-order valence-corrected chi connectivity index (χ1v) is 17.1. The molecular weight excluding hydrogens is 423 g/mol. The predicted molar refractivity (Wildman–Crippen MR) is 124 cm³/mol. The van der Waals surface area contributed by atoms with Crippen molar-refractivity contribution < 1.29 is 19.3 Å². The molecule has 2 heterocycles. The summed E-state index contributed by atoms with van der Waals surface area (Å²) < 4.78 is 20.2. The molecule has 1 fully saturated rings. The lowest BCUT2D eigenvalue weighted by atomic mass is 10.1. The minimum Gasteiger partial charge on any atom is -0.394 e. The molecule has 30 heavy (non-hydrogen) atoms. The maximum atomic E-state index is 14.1. The molecule has 0 aromatic carbocycles. The molecule has 0 saturated carbocycles. The largest absolute Gasteiger partial charge is 0.394 e. The minimum absolute atomic E-state index is 0.199. The summed E-state index contributed by atoms with van der Waals surface area (Å²) in [5, 5.41) is 18.7. The van der Waals surface area contributed by atoms with Crippen LogP contribution in [0.4, 0.5) is 4.39 Å². The van der Waals surface area contributed by atoms with E-state index < -0.39 is 58.6 Å². The maximum Gasteiger partial charge on any atom is 0.330 e. The third kappa shape index (κ3) is 7.91. The van der Waals surface area contributed by atoms with Gasteiger partial charge in [-0.1, -0.05) is 62.8 Å². The van der Waals surface area contributed by atoms with E-state index in [1.54, 1.807) is 6.08 Å². The molecule has 2 rings (SSSR count). The Morgan fingerprint density at radius 3 is 2.13 bits per heavy atom. The van der Waals surface area contributed by atoms with E-state index >= 15 is 0 Å². The van der Waals surface area contributed by atoms with Crippen LogP contribution >= 0.6 is 0 Å². The van der Waals surface area contributed by atoms with Crippen molar-refractivity contribution in [2.75, 3.05) is 6.61 Å². The summed E-state index contributed by atoms with van der Waals surface area (Å²) in [6, 6.07) is 0. The molecule has 4 unspecified atom stereocenters. The van der Waals surface area contributed by atoms with Crippen LogP contribution in [0, 0.1) is 0 Å². The van der Waals surface area contributed by atoms with E-state index in [2.05, 4.69) is 63.0 Å². The molecule has 1 aromatic heterocycles. The summed E-state index contributed by atoms with van der Waals surface area (Å²) >= 11 is 0. The van der Waals surface area contributed by atoms with E-state index in [9.17, 15) is 19.1 Å². The molecule has 10 heteroatoms. The van der Waals surface area contributed by atoms with Gasteiger partial charge >= 0.3 is 5.69 Å². The molecule has 170 valence electrons. The van der Waals surface area contributed by atoms with E-state index in [4.69, 9.17) is 9.84 Å². The molecule has 0 aliphatic carbocycles. The van der Waals surface area contributed by atoms with Crippen LogP contribution in [-0.2, 0) is 4.74 Å². The van der Waals surface area contributed by atoms with Gasteiger partial charge < -0.3 is 14.9 Å². The van der Waals surface area contributed by atoms with Gasteiger partial charge in [0.15, 0.2) is 12.4 Å². The van der Waals surface area contributed by atoms with Crippen LogP contribution in [0.1, 0.15) is 18.7 Å². The quantitative estimate of drug-likeness (QED) is 0.588. The number of halogens is 1. The first-order chi connectivity index (χ1) is 13.7. The van der Waals surface area contributed by atoms with Crippen molar-refractivity contribution in [3.05, 3.63) is 50.1 Å². The average molecular weight is 459 g/mol. The van der Waals surface area contributed by atoms with Crippen LogP contribution in [0.3, 0.4) is 0 Å². The first-order valence-electron chi connectivity index (χ1n) is 9.97. The molecule has 7 nitrogen and oxygen atoms in total. The number of allylic oxidation sites excluding steroid dienone is 1. The van der Waals surface area contributed by atoms with E-state index in [1.807, 2.05) is 5.70 Å². The molecule has 1 aliphatic rings. The number of aliphatic hydroxyl groups excluding tert-OH is 2. The Morgan fingerprint density at radius 1 is 1.17 bits per heavy atom. The smallest absolute Gasteiger partial charge is 0.330 e. The van der Waals surface area contributed by atoms with Crippen LogP contribution in [0.5, 0.6) is 0 Å². The van der Waals surface area contributed by atoms with Crippen LogP contribution in [0.25, 0.3) is 6.08 Å². The van der Waals surface area contributed by atoms with Crippen molar-refractivity contribution in [1.29, 1.82) is 0 Å². The molecule has 0 amide bonds. The third-order valence-corrected chi connectivity index (χ3v) is 6.67. The van der Waals surface area contributed by atoms with E-state index in [0.717, 1.165) is 4.57 Å². The van der Waals surface area contributed by atoms with Crippen molar-refractivity contribution in [2.24, 2.45) is 0 Å². The van der Waals surface area contributed by atoms with Crippen molar-refractivity contribution in [3.8, 4) is 0 Å². The number of aromatic nitrogens is 2. The molecule has 1 aliphatic heterocycles. The second-order valence-electron chi connectivity index (χ2n) is 9.50. The highest BCUT2D eigenvalue weighted by atomic mass is 28.3. The summed E-state index contributed by atoms with van der Waals surface area (Å²) in [7, 11) is -2.40. The Labute approximate surface area is 178 Å². The predicted octanol–water partition coefficient (Wildman–Crippen LogP) is 2.46. The lowest BCUT2D eigenvalue weighted by Gasteiger charge is -2.16. The highest BCUT2D eigenvalue weighted by Crippen LogP contribution is 2.30. The van der Waals surface area contributed by atoms with E-state index in [-0.39, 0.29) is 5.56 Å². The standard InChI is InChI=1S/C14H21FN2O5Si.C6H14Si/c1-23(2,3)5-4-8-6-17(14(21)16-12(8)20)13-10(15)11(19)9(7-18)22-13;1-5-6-7(2,3)4/h4-6,9-11,13,18-19H,7H2,1-3H3,(H,16,20,21);5-6H,1-4H3/b5-4+;6-5+. The zero-order valence-electron chi connectivity index (χ0n) is 18.8. The first kappa shape index (κ1) is 26.4. The fourth-order valence-corrected chi connectivity index (χ4v) is 4.41. The fraction of sp³-hybridized carbons (Fsp3) is 0.600. The summed E-state index contributed by atoms with van der Waals surface area (Å²) in [5.41, 5.74) is 3.03. The van der Waals surface area contributed by atoms with Gasteiger partial charge in [0.2, 0.25) is 0 Å². The van der Waals surface area contributed by atoms with E-state index in [1.165, 1.54) is 6.20 Å². The molecule has 3 N–H and O–H groups in total. The Hall–Kier alpha value is -1.60. The number of nitrogens with zero attached hydrogens (tertiary/aromatic N) is 1. The van der Waals surface area contributed by atoms with Gasteiger partial charge in [-0.15, -0.1) is 0 Å². The molecule has 1 saturated heterocycles. The average Bonchev–Trinajstić information content (AvgIpc) is 2.88. The molecule has 0 radical (unpaired) electrons. The molecule has 4 atom stereocenters. The van der Waals surface area contributed by atoms with Crippen LogP contribution in [-0.4, -0.2) is 60.9 Å². The van der Waals surface area contributed by atoms with Gasteiger partial charge in [0.1, 0.15) is 12.2 Å². The Kier molecular flexibility index (Phi) is 9.36. The number of nitrogens with one attached hydrogen (secondary N) is 1. The molecular formula is C20H35FN2O5Si2. The maximum absolute atomic E-state index is 14.1. The van der Waals surface area contributed by atoms with Gasteiger partial charge in [0.05, 0.1) is 28.3 Å². The monoisotopic (exact) mass is 458 g/mol. The van der Waals surface area contributed by atoms with Crippen molar-refractivity contribution in [1.82, 2.24) is 9.55 Å². The number of ether oxygens (including phenoxy) is 1. The Balaban J connectivity index is 0.000000553. The number of rotatable bonds is 5. The van der Waals surface area contributed by atoms with Gasteiger partial charge in [0, 0.05) is 6.20 Å². The van der Waals surface area contributed by atoms with Gasteiger partial charge in [-0.2, -0.15) is 0 Å². The van der Waals surface area contributed by atoms with Crippen LogP contribution in [0.15, 0.2) is 33.3 Å². The third-order valence-electron chi connectivity index (χ3n) is 4.17. The zero-order valence-corrected chi connectivity index (χ0v) is 20.8. The summed E-state index contributed by atoms with van der Waals surface area (Å²) in [6.07, 6.45) is -0.980. The van der Waals surface area contributed by atoms with E-state index in [0.29, 0.717) is 0 Å². The van der Waals surface area contributed by atoms with Crippen LogP contribution in [0.2, 0.25) is 39.3 Å². The zero-order chi connectivity index (χ0) is 23.3. The number of alkyl halides is 1. The van der Waals surface area contributed by atoms with Gasteiger partial charge in [0.25, 0.3) is 5.56 Å². The lowest BCUT2D eigenvalue weighted by molar-refractivity contribution is -0.0491. The number of aromatic amines is 1. The summed E-state index contributed by atoms with van der Waals surface area (Å²) in [6.45, 7) is 14.7. The summed E-state index contributed by atoms with van der Waals surface area (Å²) in [4.78, 5) is 25.9. The highest BCUT2D eigenvalue weighted by Gasteiger charge is 2.45. The van der Waals surface area contributed by atoms with Crippen molar-refractivity contribution in [2.45, 2.75) is 70.8 Å². The van der Waals surface area contributed by atoms with Gasteiger partial charge in [-0.05, 0) is 6.92 Å². The lowest BCUT2D eigenvalue weighted by Crippen LogP contribution is -2.37. The van der Waals surface area contributed by atoms with Crippen molar-refractivity contribution in [3.63, 3.8) is 0 Å². The normalized spacial score (nSPS) is 25.0. The SMILES string of the molecule is C/C=C/[Si](C)(C)C.C[Si](C)(C)/C=C/c1cn(C2OC(CO)C(O)C2F)c(=O)[nH]c1=O. The minimum atomic E-state index is -1.88.